The van der Waals surface area contributed by atoms with E-state index in [0.717, 1.165) is 10.9 Å². The van der Waals surface area contributed by atoms with Gasteiger partial charge in [0.1, 0.15) is 11.4 Å². The number of aromatic amines is 1. The lowest BCUT2D eigenvalue weighted by Gasteiger charge is -2.30. The smallest absolute Gasteiger partial charge is 0.382 e. The Kier molecular flexibility index (Phi) is 5.98. The van der Waals surface area contributed by atoms with Gasteiger partial charge in [-0.2, -0.15) is 26.3 Å². The summed E-state index contributed by atoms with van der Waals surface area (Å²) in [5, 5.41) is 6.53. The summed E-state index contributed by atoms with van der Waals surface area (Å²) in [6.45, 7) is 0. The van der Waals surface area contributed by atoms with Crippen LogP contribution in [0.1, 0.15) is 47.4 Å². The van der Waals surface area contributed by atoms with Crippen LogP contribution in [0.15, 0.2) is 42.6 Å². The van der Waals surface area contributed by atoms with Gasteiger partial charge in [0.05, 0.1) is 5.56 Å². The minimum absolute atomic E-state index is 0.141. The Bertz CT molecular complexity index is 1110. The van der Waals surface area contributed by atoms with Crippen molar-refractivity contribution >= 4 is 22.5 Å². The van der Waals surface area contributed by atoms with Crippen molar-refractivity contribution in [1.29, 1.82) is 0 Å². The highest BCUT2D eigenvalue weighted by atomic mass is 19.4. The number of amides is 1. The number of fused-ring (bicyclic) bond motifs is 1. The Balaban J connectivity index is 1.39. The molecule has 3 N–H and O–H groups in total. The van der Waals surface area contributed by atoms with E-state index in [4.69, 9.17) is 0 Å². The fraction of sp³-hybridized carbons (Fsp3) is 0.364. The highest BCUT2D eigenvalue weighted by Crippen LogP contribution is 2.35. The lowest BCUT2D eigenvalue weighted by molar-refractivity contribution is -0.150. The first-order chi connectivity index (χ1) is 15.5. The van der Waals surface area contributed by atoms with Crippen LogP contribution >= 0.6 is 0 Å². The van der Waals surface area contributed by atoms with Crippen LogP contribution in [0.3, 0.4) is 0 Å². The van der Waals surface area contributed by atoms with Gasteiger partial charge in [0.25, 0.3) is 5.91 Å². The molecule has 1 fully saturated rings. The first kappa shape index (κ1) is 22.9. The summed E-state index contributed by atoms with van der Waals surface area (Å²) < 4.78 is 78.0. The topological polar surface area (TPSA) is 69.8 Å². The van der Waals surface area contributed by atoms with Gasteiger partial charge in [-0.15, -0.1) is 0 Å². The van der Waals surface area contributed by atoms with Gasteiger partial charge in [-0.25, -0.2) is 4.98 Å². The number of pyridine rings is 1. The Hall–Kier alpha value is -3.24. The number of H-pyrrole nitrogens is 1. The van der Waals surface area contributed by atoms with Gasteiger partial charge in [0, 0.05) is 34.9 Å². The standard InChI is InChI=1S/C22H20F6N4O/c23-21(24,25)18-9-14(10-19(32-18)22(26,27)28)30-12-5-7-13(8-6-12)31-20(33)16-11-29-17-4-2-1-3-15(16)17/h1-4,9-13,29H,5-8H2,(H,30,32)(H,31,33). The van der Waals surface area contributed by atoms with Crippen molar-refractivity contribution in [3.63, 3.8) is 0 Å². The third kappa shape index (κ3) is 5.23. The molecule has 4 rings (SSSR count). The van der Waals surface area contributed by atoms with Crippen molar-refractivity contribution in [1.82, 2.24) is 15.3 Å². The molecule has 1 amide bonds. The third-order valence-corrected chi connectivity index (χ3v) is 5.67. The zero-order chi connectivity index (χ0) is 23.8. The maximum atomic E-state index is 13.0. The number of para-hydroxylation sites is 1. The predicted octanol–water partition coefficient (Wildman–Crippen LogP) is 5.75. The molecular weight excluding hydrogens is 450 g/mol. The van der Waals surface area contributed by atoms with Gasteiger partial charge >= 0.3 is 12.4 Å². The Morgan fingerprint density at radius 2 is 1.48 bits per heavy atom. The van der Waals surface area contributed by atoms with E-state index in [1.165, 1.54) is 0 Å². The molecule has 1 aliphatic carbocycles. The molecule has 0 bridgehead atoms. The third-order valence-electron chi connectivity index (χ3n) is 5.67. The predicted molar refractivity (Wildman–Crippen MR) is 110 cm³/mol. The number of benzene rings is 1. The number of carbonyl (C=O) groups is 1. The maximum Gasteiger partial charge on any atom is 0.433 e. The summed E-state index contributed by atoms with van der Waals surface area (Å²) in [6.07, 6.45) is -6.34. The van der Waals surface area contributed by atoms with Crippen LogP contribution in [0.4, 0.5) is 32.0 Å². The quantitative estimate of drug-likeness (QED) is 0.425. The zero-order valence-electron chi connectivity index (χ0n) is 17.1. The molecule has 0 aliphatic heterocycles. The molecule has 0 spiro atoms. The molecule has 11 heteroatoms. The van der Waals surface area contributed by atoms with Crippen LogP contribution in [-0.2, 0) is 12.4 Å². The van der Waals surface area contributed by atoms with Crippen LogP contribution in [0.2, 0.25) is 0 Å². The second-order valence-corrected chi connectivity index (χ2v) is 8.04. The summed E-state index contributed by atoms with van der Waals surface area (Å²) in [7, 11) is 0. The van der Waals surface area contributed by atoms with E-state index in [-0.39, 0.29) is 23.7 Å². The summed E-state index contributed by atoms with van der Waals surface area (Å²) >= 11 is 0. The second-order valence-electron chi connectivity index (χ2n) is 8.04. The van der Waals surface area contributed by atoms with Crippen LogP contribution in [0.25, 0.3) is 10.9 Å². The molecule has 0 saturated heterocycles. The fourth-order valence-corrected chi connectivity index (χ4v) is 4.04. The molecule has 0 unspecified atom stereocenters. The SMILES string of the molecule is O=C(NC1CCC(Nc2cc(C(F)(F)F)nc(C(F)(F)F)c2)CC1)c1c[nH]c2ccccc12. The highest BCUT2D eigenvalue weighted by molar-refractivity contribution is 6.06. The number of carbonyl (C=O) groups excluding carboxylic acids is 1. The first-order valence-corrected chi connectivity index (χ1v) is 10.3. The summed E-state index contributed by atoms with van der Waals surface area (Å²) in [5.74, 6) is -0.234. The van der Waals surface area contributed by atoms with Crippen molar-refractivity contribution in [2.24, 2.45) is 0 Å². The van der Waals surface area contributed by atoms with Crippen LogP contribution in [0.5, 0.6) is 0 Å². The molecular formula is C22H20F6N4O. The van der Waals surface area contributed by atoms with E-state index in [1.807, 2.05) is 24.3 Å². The second kappa shape index (κ2) is 8.60. The number of alkyl halides is 6. The summed E-state index contributed by atoms with van der Waals surface area (Å²) in [6, 6.07) is 8.08. The maximum absolute atomic E-state index is 13.0. The Morgan fingerprint density at radius 1 is 0.909 bits per heavy atom. The van der Waals surface area contributed by atoms with Crippen molar-refractivity contribution in [3.8, 4) is 0 Å². The van der Waals surface area contributed by atoms with Gasteiger partial charge in [0.15, 0.2) is 0 Å². The number of aromatic nitrogens is 2. The monoisotopic (exact) mass is 470 g/mol. The van der Waals surface area contributed by atoms with Crippen molar-refractivity contribution < 1.29 is 31.1 Å². The molecule has 3 aromatic rings. The normalized spacial score (nSPS) is 19.5. The molecule has 2 aromatic heterocycles. The van der Waals surface area contributed by atoms with E-state index in [0.29, 0.717) is 43.4 Å². The number of hydrogen-bond donors (Lipinski definition) is 3. The van der Waals surface area contributed by atoms with Crippen molar-refractivity contribution in [2.75, 3.05) is 5.32 Å². The first-order valence-electron chi connectivity index (χ1n) is 10.3. The summed E-state index contributed by atoms with van der Waals surface area (Å²) in [5.41, 5.74) is -2.12. The van der Waals surface area contributed by atoms with E-state index in [1.54, 1.807) is 6.20 Å². The van der Waals surface area contributed by atoms with E-state index in [9.17, 15) is 31.1 Å². The minimum Gasteiger partial charge on any atom is -0.382 e. The van der Waals surface area contributed by atoms with Gasteiger partial charge in [-0.3, -0.25) is 4.79 Å². The van der Waals surface area contributed by atoms with Gasteiger partial charge in [-0.1, -0.05) is 18.2 Å². The average Bonchev–Trinajstić information content (AvgIpc) is 3.18. The molecule has 1 aliphatic rings. The fourth-order valence-electron chi connectivity index (χ4n) is 4.04. The van der Waals surface area contributed by atoms with Crippen molar-refractivity contribution in [3.05, 3.63) is 59.5 Å². The van der Waals surface area contributed by atoms with E-state index in [2.05, 4.69) is 20.6 Å². The number of nitrogens with zero attached hydrogens (tertiary/aromatic N) is 1. The minimum atomic E-state index is -5.00. The van der Waals surface area contributed by atoms with Gasteiger partial charge < -0.3 is 15.6 Å². The molecule has 1 aromatic carbocycles. The van der Waals surface area contributed by atoms with E-state index < -0.39 is 23.7 Å². The lowest BCUT2D eigenvalue weighted by Crippen LogP contribution is -2.40. The lowest BCUT2D eigenvalue weighted by atomic mass is 9.90. The molecule has 176 valence electrons. The average molecular weight is 470 g/mol. The molecule has 0 atom stereocenters. The van der Waals surface area contributed by atoms with Crippen LogP contribution < -0.4 is 10.6 Å². The largest absolute Gasteiger partial charge is 0.433 e. The molecule has 0 radical (unpaired) electrons. The number of nitrogens with one attached hydrogen (secondary N) is 3. The Morgan fingerprint density at radius 3 is 2.09 bits per heavy atom. The molecule has 33 heavy (non-hydrogen) atoms. The Labute approximate surface area is 184 Å². The number of anilines is 1. The molecule has 2 heterocycles. The van der Waals surface area contributed by atoms with Gasteiger partial charge in [0.2, 0.25) is 0 Å². The van der Waals surface area contributed by atoms with Crippen molar-refractivity contribution in [2.45, 2.75) is 50.1 Å². The number of halogens is 6. The number of hydrogen-bond acceptors (Lipinski definition) is 3. The highest BCUT2D eigenvalue weighted by Gasteiger charge is 2.39. The van der Waals surface area contributed by atoms with E-state index >= 15 is 0 Å². The molecule has 1 saturated carbocycles. The molecule has 5 nitrogen and oxygen atoms in total. The zero-order valence-corrected chi connectivity index (χ0v) is 17.1. The van der Waals surface area contributed by atoms with Crippen LogP contribution in [0, 0.1) is 0 Å². The summed E-state index contributed by atoms with van der Waals surface area (Å²) in [4.78, 5) is 18.4. The van der Waals surface area contributed by atoms with Crippen LogP contribution in [-0.4, -0.2) is 28.0 Å². The van der Waals surface area contributed by atoms with Gasteiger partial charge in [-0.05, 0) is 43.9 Å². The number of rotatable bonds is 4.